The summed E-state index contributed by atoms with van der Waals surface area (Å²) >= 11 is 0. The second-order valence-corrected chi connectivity index (χ2v) is 15.8. The molecule has 0 heterocycles. The fourth-order valence-corrected chi connectivity index (χ4v) is 10.2. The Morgan fingerprint density at radius 1 is 0.526 bits per heavy atom. The van der Waals surface area contributed by atoms with Crippen LogP contribution in [0.15, 0.2) is 95.3 Å². The first kappa shape index (κ1) is 24.9. The van der Waals surface area contributed by atoms with Crippen LogP contribution in [0.3, 0.4) is 0 Å². The Kier molecular flexibility index (Phi) is 6.58. The lowest BCUT2D eigenvalue weighted by Gasteiger charge is -2.30. The maximum atomic E-state index is 2.63. The van der Waals surface area contributed by atoms with Gasteiger partial charge in [0.05, 0.1) is 0 Å². The summed E-state index contributed by atoms with van der Waals surface area (Å²) in [6.07, 6.45) is 9.54. The third-order valence-electron chi connectivity index (χ3n) is 9.29. The molecule has 0 saturated carbocycles. The molecule has 0 bridgehead atoms. The summed E-state index contributed by atoms with van der Waals surface area (Å²) in [5.41, 5.74) is 14.4. The van der Waals surface area contributed by atoms with Gasteiger partial charge in [0.2, 0.25) is 0 Å². The Bertz CT molecular complexity index is 1470. The smallest absolute Gasteiger partial charge is 0.0712 e. The molecule has 4 aromatic carbocycles. The van der Waals surface area contributed by atoms with Crippen LogP contribution >= 0.6 is 0 Å². The highest BCUT2D eigenvalue weighted by Gasteiger charge is 2.38. The van der Waals surface area contributed by atoms with Crippen molar-refractivity contribution in [2.45, 2.75) is 59.0 Å². The minimum atomic E-state index is -1.82. The van der Waals surface area contributed by atoms with Crippen molar-refractivity contribution in [3.8, 4) is 22.3 Å². The van der Waals surface area contributed by atoms with Gasteiger partial charge >= 0.3 is 0 Å². The number of aryl methyl sites for hydroxylation is 2. The van der Waals surface area contributed by atoms with E-state index in [-0.39, 0.29) is 0 Å². The van der Waals surface area contributed by atoms with Crippen molar-refractivity contribution in [2.24, 2.45) is 0 Å². The Morgan fingerprint density at radius 2 is 0.947 bits per heavy atom. The van der Waals surface area contributed by atoms with E-state index in [1.54, 1.807) is 10.4 Å². The first-order valence-electron chi connectivity index (χ1n) is 14.4. The van der Waals surface area contributed by atoms with Crippen LogP contribution in [0.2, 0.25) is 12.6 Å². The zero-order valence-corrected chi connectivity index (χ0v) is 24.3. The molecule has 6 rings (SSSR count). The Morgan fingerprint density at radius 3 is 1.37 bits per heavy atom. The highest BCUT2D eigenvalue weighted by atomic mass is 28.3. The van der Waals surface area contributed by atoms with Crippen molar-refractivity contribution in [3.63, 3.8) is 0 Å². The van der Waals surface area contributed by atoms with E-state index in [4.69, 9.17) is 0 Å². The van der Waals surface area contributed by atoms with Gasteiger partial charge in [-0.2, -0.15) is 0 Å². The summed E-state index contributed by atoms with van der Waals surface area (Å²) in [6, 6.07) is 33.1. The number of hydrogen-bond donors (Lipinski definition) is 0. The van der Waals surface area contributed by atoms with E-state index >= 15 is 0 Å². The van der Waals surface area contributed by atoms with Gasteiger partial charge in [-0.05, 0) is 81.3 Å². The van der Waals surface area contributed by atoms with E-state index in [0.29, 0.717) is 0 Å². The van der Waals surface area contributed by atoms with Gasteiger partial charge in [-0.1, -0.05) is 141 Å². The molecule has 0 amide bonds. The predicted molar refractivity (Wildman–Crippen MR) is 168 cm³/mol. The molecule has 0 aliphatic heterocycles. The molecule has 0 spiro atoms. The Labute approximate surface area is 229 Å². The van der Waals surface area contributed by atoms with E-state index in [1.165, 1.54) is 61.7 Å². The van der Waals surface area contributed by atoms with Crippen molar-refractivity contribution >= 4 is 20.2 Å². The third-order valence-corrected chi connectivity index (χ3v) is 14.2. The average molecular weight is 511 g/mol. The SMILES string of the molecule is CCc1ccccc1-c1cccc2c1C=C([Si](C)(CC)C1=Cc3c(cccc3-c3ccccc3CC)C1)C2. The number of rotatable bonds is 7. The first-order valence-corrected chi connectivity index (χ1v) is 17.1. The molecule has 0 atom stereocenters. The number of hydrogen-bond acceptors (Lipinski definition) is 0. The quantitative estimate of drug-likeness (QED) is 0.217. The van der Waals surface area contributed by atoms with Gasteiger partial charge in [-0.25, -0.2) is 0 Å². The van der Waals surface area contributed by atoms with Gasteiger partial charge < -0.3 is 0 Å². The van der Waals surface area contributed by atoms with Crippen LogP contribution in [0.4, 0.5) is 0 Å². The van der Waals surface area contributed by atoms with E-state index in [0.717, 1.165) is 25.7 Å². The van der Waals surface area contributed by atoms with Crippen molar-refractivity contribution in [1.29, 1.82) is 0 Å². The van der Waals surface area contributed by atoms with E-state index in [1.807, 2.05) is 0 Å². The van der Waals surface area contributed by atoms with Crippen molar-refractivity contribution in [3.05, 3.63) is 129 Å². The van der Waals surface area contributed by atoms with Gasteiger partial charge in [-0.15, -0.1) is 0 Å². The second kappa shape index (κ2) is 10.0. The van der Waals surface area contributed by atoms with Crippen LogP contribution in [0.25, 0.3) is 34.4 Å². The molecule has 38 heavy (non-hydrogen) atoms. The number of allylic oxidation sites excluding steroid dienone is 2. The molecular formula is C37H38Si. The topological polar surface area (TPSA) is 0 Å². The van der Waals surface area contributed by atoms with E-state index in [9.17, 15) is 0 Å². The van der Waals surface area contributed by atoms with Crippen LogP contribution in [0.1, 0.15) is 54.2 Å². The molecule has 0 saturated heterocycles. The van der Waals surface area contributed by atoms with Crippen LogP contribution in [0.5, 0.6) is 0 Å². The van der Waals surface area contributed by atoms with Crippen molar-refractivity contribution in [2.75, 3.05) is 0 Å². The molecular weight excluding hydrogens is 472 g/mol. The largest absolute Gasteiger partial charge is 0.106 e. The summed E-state index contributed by atoms with van der Waals surface area (Å²) in [7, 11) is -1.82. The molecule has 0 unspecified atom stereocenters. The predicted octanol–water partition coefficient (Wildman–Crippen LogP) is 9.90. The lowest BCUT2D eigenvalue weighted by atomic mass is 9.93. The molecule has 0 fully saturated rings. The minimum absolute atomic E-state index is 1.06. The minimum Gasteiger partial charge on any atom is -0.0712 e. The summed E-state index contributed by atoms with van der Waals surface area (Å²) < 4.78 is 0. The van der Waals surface area contributed by atoms with Gasteiger partial charge in [0.25, 0.3) is 0 Å². The summed E-state index contributed by atoms with van der Waals surface area (Å²) in [4.78, 5) is 0. The second-order valence-electron chi connectivity index (χ2n) is 11.2. The van der Waals surface area contributed by atoms with Crippen LogP contribution in [-0.2, 0) is 25.7 Å². The van der Waals surface area contributed by atoms with Gasteiger partial charge in [0, 0.05) is 0 Å². The molecule has 4 aromatic rings. The van der Waals surface area contributed by atoms with Gasteiger partial charge in [0.1, 0.15) is 8.07 Å². The third kappa shape index (κ3) is 4.05. The normalized spacial score (nSPS) is 14.2. The Hall–Kier alpha value is -3.42. The van der Waals surface area contributed by atoms with Crippen LogP contribution in [-0.4, -0.2) is 8.07 Å². The maximum Gasteiger partial charge on any atom is 0.106 e. The zero-order chi connectivity index (χ0) is 26.3. The molecule has 0 aromatic heterocycles. The van der Waals surface area contributed by atoms with Crippen LogP contribution in [0, 0.1) is 0 Å². The summed E-state index contributed by atoms with van der Waals surface area (Å²) in [6.45, 7) is 9.59. The van der Waals surface area contributed by atoms with E-state index in [2.05, 4.69) is 124 Å². The van der Waals surface area contributed by atoms with Crippen molar-refractivity contribution in [1.82, 2.24) is 0 Å². The fourth-order valence-electron chi connectivity index (χ4n) is 6.76. The fraction of sp³-hybridized carbons (Fsp3) is 0.243. The van der Waals surface area contributed by atoms with Crippen molar-refractivity contribution < 1.29 is 0 Å². The molecule has 0 nitrogen and oxygen atoms in total. The molecule has 0 N–H and O–H groups in total. The number of benzene rings is 4. The van der Waals surface area contributed by atoms with E-state index < -0.39 is 8.07 Å². The lowest BCUT2D eigenvalue weighted by Crippen LogP contribution is -2.35. The number of fused-ring (bicyclic) bond motifs is 2. The van der Waals surface area contributed by atoms with Gasteiger partial charge in [0.15, 0.2) is 0 Å². The monoisotopic (exact) mass is 510 g/mol. The lowest BCUT2D eigenvalue weighted by molar-refractivity contribution is 1.14. The Balaban J connectivity index is 1.42. The molecule has 0 radical (unpaired) electrons. The highest BCUT2D eigenvalue weighted by Crippen LogP contribution is 2.45. The highest BCUT2D eigenvalue weighted by molar-refractivity contribution is 6.93. The molecule has 1 heteroatoms. The summed E-state index contributed by atoms with van der Waals surface area (Å²) in [5.74, 6) is 0. The van der Waals surface area contributed by atoms with Crippen LogP contribution < -0.4 is 0 Å². The molecule has 2 aliphatic rings. The van der Waals surface area contributed by atoms with Gasteiger partial charge in [-0.3, -0.25) is 0 Å². The standard InChI is InChI=1S/C37H38Si/c1-5-26-14-8-10-18-32(26)34-20-12-16-28-22-30(24-36(28)34)38(4,7-3)31-23-29-17-13-21-35(37(29)25-31)33-19-11-9-15-27(33)6-2/h8-21,24-25H,5-7,22-23H2,1-4H3. The maximum absolute atomic E-state index is 2.63. The molecule has 190 valence electrons. The summed E-state index contributed by atoms with van der Waals surface area (Å²) in [5, 5.41) is 3.40. The average Bonchev–Trinajstić information content (AvgIpc) is 3.62. The molecule has 2 aliphatic carbocycles. The first-order chi connectivity index (χ1) is 18.6. The zero-order valence-electron chi connectivity index (χ0n) is 23.3.